The first-order valence-corrected chi connectivity index (χ1v) is 8.82. The number of aromatic nitrogens is 2. The number of halogens is 2. The molecule has 0 aliphatic carbocycles. The van der Waals surface area contributed by atoms with Crippen LogP contribution in [0.5, 0.6) is 11.5 Å². The van der Waals surface area contributed by atoms with Gasteiger partial charge >= 0.3 is 0 Å². The average molecular weight is 378 g/mol. The summed E-state index contributed by atoms with van der Waals surface area (Å²) in [5, 5.41) is 0. The van der Waals surface area contributed by atoms with Crippen LogP contribution in [-0.4, -0.2) is 28.4 Å². The van der Waals surface area contributed by atoms with E-state index in [9.17, 15) is 8.78 Å². The van der Waals surface area contributed by atoms with Crippen molar-refractivity contribution in [3.05, 3.63) is 42.2 Å². The van der Waals surface area contributed by atoms with Crippen molar-refractivity contribution in [1.82, 2.24) is 9.38 Å². The molecule has 0 spiro atoms. The van der Waals surface area contributed by atoms with Gasteiger partial charge in [0.2, 0.25) is 0 Å². The summed E-state index contributed by atoms with van der Waals surface area (Å²) in [5.41, 5.74) is 1.59. The molecule has 0 saturated carbocycles. The average Bonchev–Trinajstić information content (AvgIpc) is 2.95. The predicted octanol–water partition coefficient (Wildman–Crippen LogP) is 5.19. The third kappa shape index (κ3) is 3.49. The Bertz CT molecular complexity index is 941. The summed E-state index contributed by atoms with van der Waals surface area (Å²) in [6.45, 7) is 6.30. The molecule has 4 nitrogen and oxygen atoms in total. The molecule has 0 N–H and O–H groups in total. The second-order valence-corrected chi connectivity index (χ2v) is 8.63. The maximum absolute atomic E-state index is 14.1. The highest BCUT2D eigenvalue weighted by Gasteiger charge is 2.19. The number of benzene rings is 1. The molecule has 0 aliphatic rings. The van der Waals surface area contributed by atoms with E-state index in [0.717, 1.165) is 4.90 Å². The van der Waals surface area contributed by atoms with Crippen LogP contribution in [0.15, 0.2) is 35.5 Å². The summed E-state index contributed by atoms with van der Waals surface area (Å²) in [7, 11) is 2.84. The summed E-state index contributed by atoms with van der Waals surface area (Å²) in [4.78, 5) is 5.26. The number of imidazole rings is 1. The highest BCUT2D eigenvalue weighted by Crippen LogP contribution is 2.39. The van der Waals surface area contributed by atoms with E-state index < -0.39 is 17.4 Å². The molecule has 0 aliphatic heterocycles. The van der Waals surface area contributed by atoms with E-state index in [1.54, 1.807) is 29.5 Å². The highest BCUT2D eigenvalue weighted by molar-refractivity contribution is 8.00. The largest absolute Gasteiger partial charge is 0.495 e. The number of nitrogens with zero attached hydrogens (tertiary/aromatic N) is 2. The number of thioether (sulfide) groups is 1. The Hall–Kier alpha value is -2.28. The number of hydrogen-bond acceptors (Lipinski definition) is 4. The van der Waals surface area contributed by atoms with Crippen molar-refractivity contribution in [2.24, 2.45) is 0 Å². The van der Waals surface area contributed by atoms with Gasteiger partial charge in [-0.05, 0) is 12.1 Å². The third-order valence-corrected chi connectivity index (χ3v) is 4.85. The van der Waals surface area contributed by atoms with Crippen molar-refractivity contribution < 1.29 is 18.3 Å². The van der Waals surface area contributed by atoms with Crippen LogP contribution in [0, 0.1) is 11.6 Å². The van der Waals surface area contributed by atoms with Gasteiger partial charge in [-0.2, -0.15) is 0 Å². The summed E-state index contributed by atoms with van der Waals surface area (Å²) in [5.74, 6) is -1.19. The van der Waals surface area contributed by atoms with Gasteiger partial charge in [0.15, 0.2) is 17.4 Å². The second kappa shape index (κ2) is 6.79. The van der Waals surface area contributed by atoms with Crippen molar-refractivity contribution in [1.29, 1.82) is 0 Å². The lowest BCUT2D eigenvalue weighted by Crippen LogP contribution is -2.07. The fourth-order valence-corrected chi connectivity index (χ4v) is 3.73. The normalized spacial score (nSPS) is 11.8. The number of ether oxygens (including phenoxy) is 2. The molecule has 3 aromatic rings. The minimum absolute atomic E-state index is 0.0277. The molecule has 0 fully saturated rings. The van der Waals surface area contributed by atoms with Gasteiger partial charge in [-0.3, -0.25) is 4.40 Å². The molecule has 0 unspecified atom stereocenters. The van der Waals surface area contributed by atoms with Crippen molar-refractivity contribution in [2.45, 2.75) is 30.4 Å². The minimum atomic E-state index is -0.754. The number of rotatable bonds is 4. The number of pyridine rings is 1. The highest BCUT2D eigenvalue weighted by atomic mass is 32.2. The first-order chi connectivity index (χ1) is 12.2. The summed E-state index contributed by atoms with van der Waals surface area (Å²) >= 11 is 1.64. The van der Waals surface area contributed by atoms with E-state index in [1.165, 1.54) is 19.2 Å². The zero-order valence-electron chi connectivity index (χ0n) is 15.3. The van der Waals surface area contributed by atoms with Crippen LogP contribution in [0.2, 0.25) is 0 Å². The third-order valence-electron chi connectivity index (χ3n) is 3.71. The van der Waals surface area contributed by atoms with E-state index in [0.29, 0.717) is 22.7 Å². The molecule has 3 rings (SSSR count). The zero-order valence-corrected chi connectivity index (χ0v) is 16.1. The van der Waals surface area contributed by atoms with Crippen LogP contribution < -0.4 is 9.47 Å². The monoisotopic (exact) mass is 378 g/mol. The van der Waals surface area contributed by atoms with Gasteiger partial charge in [0.25, 0.3) is 0 Å². The Morgan fingerprint density at radius 2 is 1.69 bits per heavy atom. The number of hydrogen-bond donors (Lipinski definition) is 0. The Morgan fingerprint density at radius 1 is 1.04 bits per heavy atom. The maximum Gasteiger partial charge on any atom is 0.190 e. The van der Waals surface area contributed by atoms with Crippen LogP contribution in [0.4, 0.5) is 8.78 Å². The van der Waals surface area contributed by atoms with Gasteiger partial charge in [-0.15, -0.1) is 11.8 Å². The molecule has 0 atom stereocenters. The van der Waals surface area contributed by atoms with E-state index in [1.807, 2.05) is 12.3 Å². The van der Waals surface area contributed by atoms with E-state index >= 15 is 0 Å². The molecular weight excluding hydrogens is 358 g/mol. The topological polar surface area (TPSA) is 35.8 Å². The van der Waals surface area contributed by atoms with Crippen LogP contribution in [0.25, 0.3) is 16.9 Å². The fraction of sp³-hybridized carbons (Fsp3) is 0.316. The van der Waals surface area contributed by atoms with Crippen LogP contribution in [-0.2, 0) is 0 Å². The van der Waals surface area contributed by atoms with E-state index in [4.69, 9.17) is 9.47 Å². The SMILES string of the molecule is COc1cc2ncc(-c3cc(F)c(OC)c(F)c3)n2cc1SC(C)(C)C. The van der Waals surface area contributed by atoms with Gasteiger partial charge in [-0.25, -0.2) is 13.8 Å². The minimum Gasteiger partial charge on any atom is -0.495 e. The molecule has 2 heterocycles. The van der Waals surface area contributed by atoms with Crippen molar-refractivity contribution in [2.75, 3.05) is 14.2 Å². The lowest BCUT2D eigenvalue weighted by molar-refractivity contribution is 0.360. The molecular formula is C19H20F2N2O2S. The smallest absolute Gasteiger partial charge is 0.190 e. The van der Waals surface area contributed by atoms with Gasteiger partial charge in [0.1, 0.15) is 11.4 Å². The lowest BCUT2D eigenvalue weighted by atomic mass is 10.1. The second-order valence-electron chi connectivity index (χ2n) is 6.77. The molecule has 0 amide bonds. The molecule has 0 saturated heterocycles. The van der Waals surface area contributed by atoms with E-state index in [2.05, 4.69) is 25.8 Å². The van der Waals surface area contributed by atoms with Gasteiger partial charge in [0, 0.05) is 22.6 Å². The first-order valence-electron chi connectivity index (χ1n) is 8.01. The van der Waals surface area contributed by atoms with Gasteiger partial charge in [0.05, 0.1) is 31.0 Å². The maximum atomic E-state index is 14.1. The quantitative estimate of drug-likeness (QED) is 0.586. The van der Waals surface area contributed by atoms with Crippen LogP contribution in [0.1, 0.15) is 20.8 Å². The molecule has 2 aromatic heterocycles. The molecule has 26 heavy (non-hydrogen) atoms. The van der Waals surface area contributed by atoms with Crippen molar-refractivity contribution in [3.63, 3.8) is 0 Å². The molecule has 0 bridgehead atoms. The Kier molecular flexibility index (Phi) is 4.84. The van der Waals surface area contributed by atoms with Gasteiger partial charge < -0.3 is 9.47 Å². The summed E-state index contributed by atoms with van der Waals surface area (Å²) in [6, 6.07) is 4.30. The predicted molar refractivity (Wildman–Crippen MR) is 99.3 cm³/mol. The van der Waals surface area contributed by atoms with Gasteiger partial charge in [-0.1, -0.05) is 20.8 Å². The lowest BCUT2D eigenvalue weighted by Gasteiger charge is -2.19. The van der Waals surface area contributed by atoms with E-state index in [-0.39, 0.29) is 4.75 Å². The van der Waals surface area contributed by atoms with Crippen molar-refractivity contribution in [3.8, 4) is 22.8 Å². The Morgan fingerprint density at radius 3 is 2.23 bits per heavy atom. The Labute approximate surface area is 155 Å². The molecule has 7 heteroatoms. The Balaban J connectivity index is 2.18. The number of methoxy groups -OCH3 is 2. The first kappa shape index (κ1) is 18.5. The fourth-order valence-electron chi connectivity index (χ4n) is 2.67. The molecule has 138 valence electrons. The number of fused-ring (bicyclic) bond motifs is 1. The summed E-state index contributed by atoms with van der Waals surface area (Å²) in [6.07, 6.45) is 3.47. The zero-order chi connectivity index (χ0) is 19.1. The standard InChI is InChI=1S/C19H20F2N2O2S/c1-19(2,3)26-16-10-23-14(9-22-17(23)8-15(16)24-4)11-6-12(20)18(25-5)13(21)7-11/h6-10H,1-5H3. The van der Waals surface area contributed by atoms with Crippen LogP contribution >= 0.6 is 11.8 Å². The molecule has 0 radical (unpaired) electrons. The van der Waals surface area contributed by atoms with Crippen LogP contribution in [0.3, 0.4) is 0 Å². The molecule has 1 aromatic carbocycles. The van der Waals surface area contributed by atoms with Crippen molar-refractivity contribution >= 4 is 17.4 Å². The summed E-state index contributed by atoms with van der Waals surface area (Å²) < 4.78 is 40.2.